The summed E-state index contributed by atoms with van der Waals surface area (Å²) in [4.78, 5) is 6.83. The van der Waals surface area contributed by atoms with Crippen molar-refractivity contribution < 1.29 is 4.39 Å². The molecule has 0 amide bonds. The van der Waals surface area contributed by atoms with Crippen molar-refractivity contribution in [2.24, 2.45) is 0 Å². The molecule has 2 heterocycles. The van der Waals surface area contributed by atoms with Crippen LogP contribution < -0.4 is 0 Å². The minimum absolute atomic E-state index is 0.172. The smallest absolute Gasteiger partial charge is 0.123 e. The first-order chi connectivity index (χ1) is 12.3. The van der Waals surface area contributed by atoms with E-state index in [-0.39, 0.29) is 5.82 Å². The fraction of sp³-hybridized carbons (Fsp3) is 0.286. The van der Waals surface area contributed by atoms with Crippen LogP contribution >= 0.6 is 0 Å². The maximum Gasteiger partial charge on any atom is 0.123 e. The van der Waals surface area contributed by atoms with Crippen LogP contribution in [0.4, 0.5) is 4.39 Å². The second-order valence-electron chi connectivity index (χ2n) is 6.68. The van der Waals surface area contributed by atoms with Gasteiger partial charge in [-0.05, 0) is 42.6 Å². The number of benzene rings is 2. The van der Waals surface area contributed by atoms with E-state index >= 15 is 0 Å². The molecule has 4 heteroatoms. The second-order valence-corrected chi connectivity index (χ2v) is 6.68. The Labute approximate surface area is 147 Å². The van der Waals surface area contributed by atoms with Crippen molar-refractivity contribution in [1.29, 1.82) is 0 Å². The van der Waals surface area contributed by atoms with Crippen LogP contribution in [0.25, 0.3) is 0 Å². The van der Waals surface area contributed by atoms with Gasteiger partial charge in [0.2, 0.25) is 0 Å². The van der Waals surface area contributed by atoms with E-state index in [1.165, 1.54) is 23.2 Å². The molecule has 1 fully saturated rings. The summed E-state index contributed by atoms with van der Waals surface area (Å²) in [6.45, 7) is 2.78. The third kappa shape index (κ3) is 3.64. The molecular formula is C21H22FN3. The molecule has 1 aliphatic rings. The van der Waals surface area contributed by atoms with Crippen LogP contribution in [0.5, 0.6) is 0 Å². The van der Waals surface area contributed by atoms with Gasteiger partial charge in [0, 0.05) is 25.3 Å². The van der Waals surface area contributed by atoms with Crippen LogP contribution in [0.2, 0.25) is 0 Å². The van der Waals surface area contributed by atoms with Gasteiger partial charge in [0.1, 0.15) is 5.82 Å². The van der Waals surface area contributed by atoms with Crippen LogP contribution in [0, 0.1) is 5.82 Å². The van der Waals surface area contributed by atoms with Gasteiger partial charge in [0.05, 0.1) is 12.0 Å². The lowest BCUT2D eigenvalue weighted by atomic mass is 10.0. The lowest BCUT2D eigenvalue weighted by Gasteiger charge is -2.25. The van der Waals surface area contributed by atoms with Gasteiger partial charge >= 0.3 is 0 Å². The second kappa shape index (κ2) is 7.19. The van der Waals surface area contributed by atoms with E-state index in [0.717, 1.165) is 26.1 Å². The molecule has 1 aliphatic heterocycles. The quantitative estimate of drug-likeness (QED) is 0.689. The molecule has 3 nitrogen and oxygen atoms in total. The largest absolute Gasteiger partial charge is 0.329 e. The number of hydrogen-bond donors (Lipinski definition) is 0. The molecule has 1 saturated heterocycles. The molecule has 0 saturated carbocycles. The first-order valence-electron chi connectivity index (χ1n) is 8.82. The lowest BCUT2D eigenvalue weighted by Crippen LogP contribution is -2.24. The zero-order chi connectivity index (χ0) is 17.1. The highest BCUT2D eigenvalue weighted by Crippen LogP contribution is 2.33. The van der Waals surface area contributed by atoms with E-state index < -0.39 is 0 Å². The van der Waals surface area contributed by atoms with E-state index in [1.807, 2.05) is 30.7 Å². The summed E-state index contributed by atoms with van der Waals surface area (Å²) in [5, 5.41) is 0. The van der Waals surface area contributed by atoms with E-state index in [2.05, 4.69) is 38.7 Å². The van der Waals surface area contributed by atoms with E-state index in [0.29, 0.717) is 6.04 Å². The first-order valence-corrected chi connectivity index (χ1v) is 8.82. The molecule has 128 valence electrons. The Morgan fingerprint density at radius 2 is 1.80 bits per heavy atom. The maximum absolute atomic E-state index is 13.2. The van der Waals surface area contributed by atoms with Crippen LogP contribution in [0.3, 0.4) is 0 Å². The van der Waals surface area contributed by atoms with E-state index in [1.54, 1.807) is 12.1 Å². The van der Waals surface area contributed by atoms with Crippen molar-refractivity contribution in [3.8, 4) is 0 Å². The highest BCUT2D eigenvalue weighted by molar-refractivity contribution is 5.21. The molecule has 0 N–H and O–H groups in total. The first kappa shape index (κ1) is 16.0. The van der Waals surface area contributed by atoms with Gasteiger partial charge in [-0.2, -0.15) is 0 Å². The van der Waals surface area contributed by atoms with Crippen LogP contribution in [-0.4, -0.2) is 21.0 Å². The summed E-state index contributed by atoms with van der Waals surface area (Å²) < 4.78 is 15.4. The minimum Gasteiger partial charge on any atom is -0.329 e. The summed E-state index contributed by atoms with van der Waals surface area (Å²) in [6, 6.07) is 17.8. The van der Waals surface area contributed by atoms with Crippen LogP contribution in [0.1, 0.15) is 35.7 Å². The van der Waals surface area contributed by atoms with Gasteiger partial charge in [-0.3, -0.25) is 4.90 Å². The molecule has 25 heavy (non-hydrogen) atoms. The highest BCUT2D eigenvalue weighted by atomic mass is 19.1. The number of nitrogens with zero attached hydrogens (tertiary/aromatic N) is 3. The average molecular weight is 335 g/mol. The Morgan fingerprint density at radius 3 is 2.60 bits per heavy atom. The summed E-state index contributed by atoms with van der Waals surface area (Å²) in [6.07, 6.45) is 6.17. The summed E-state index contributed by atoms with van der Waals surface area (Å²) >= 11 is 0. The third-order valence-electron chi connectivity index (χ3n) is 4.98. The van der Waals surface area contributed by atoms with Crippen molar-refractivity contribution in [2.75, 3.05) is 6.54 Å². The Morgan fingerprint density at radius 1 is 1.00 bits per heavy atom. The number of likely N-dealkylation sites (tertiary alicyclic amines) is 1. The Kier molecular flexibility index (Phi) is 4.61. The topological polar surface area (TPSA) is 21.1 Å². The molecule has 4 rings (SSSR count). The zero-order valence-corrected chi connectivity index (χ0v) is 14.2. The van der Waals surface area contributed by atoms with Gasteiger partial charge < -0.3 is 4.57 Å². The maximum atomic E-state index is 13.2. The number of hydrogen-bond acceptors (Lipinski definition) is 2. The fourth-order valence-corrected chi connectivity index (χ4v) is 3.69. The molecule has 0 radical (unpaired) electrons. The number of rotatable bonds is 5. The van der Waals surface area contributed by atoms with E-state index in [4.69, 9.17) is 0 Å². The van der Waals surface area contributed by atoms with Crippen molar-refractivity contribution in [2.45, 2.75) is 32.0 Å². The van der Waals surface area contributed by atoms with Gasteiger partial charge in [0.15, 0.2) is 0 Å². The molecule has 0 bridgehead atoms. The monoisotopic (exact) mass is 335 g/mol. The summed E-state index contributed by atoms with van der Waals surface area (Å²) in [5.74, 6) is -0.172. The van der Waals surface area contributed by atoms with Crippen molar-refractivity contribution in [3.05, 3.63) is 89.8 Å². The number of imidazole rings is 1. The molecule has 1 atom stereocenters. The van der Waals surface area contributed by atoms with Gasteiger partial charge in [0.25, 0.3) is 0 Å². The Hall–Kier alpha value is -2.46. The third-order valence-corrected chi connectivity index (χ3v) is 4.98. The number of aromatic nitrogens is 2. The van der Waals surface area contributed by atoms with Crippen molar-refractivity contribution in [1.82, 2.24) is 14.5 Å². The minimum atomic E-state index is -0.172. The Bertz CT molecular complexity index is 811. The predicted molar refractivity (Wildman–Crippen MR) is 96.6 cm³/mol. The normalized spacial score (nSPS) is 17.9. The highest BCUT2D eigenvalue weighted by Gasteiger charge is 2.26. The summed E-state index contributed by atoms with van der Waals surface area (Å²) in [7, 11) is 0. The van der Waals surface area contributed by atoms with Gasteiger partial charge in [-0.25, -0.2) is 9.37 Å². The van der Waals surface area contributed by atoms with Gasteiger partial charge in [-0.15, -0.1) is 0 Å². The lowest BCUT2D eigenvalue weighted by molar-refractivity contribution is 0.242. The Balaban J connectivity index is 1.50. The van der Waals surface area contributed by atoms with Crippen molar-refractivity contribution >= 4 is 0 Å². The van der Waals surface area contributed by atoms with Crippen LogP contribution in [0.15, 0.2) is 67.1 Å². The molecular weight excluding hydrogens is 313 g/mol. The molecule has 2 aromatic carbocycles. The van der Waals surface area contributed by atoms with E-state index in [9.17, 15) is 4.39 Å². The number of halogens is 1. The fourth-order valence-electron chi connectivity index (χ4n) is 3.69. The molecule has 3 aromatic rings. The predicted octanol–water partition coefficient (Wildman–Crippen LogP) is 4.41. The standard InChI is InChI=1S/C21H22FN3/c22-19-10-8-18(9-11-19)21-7-4-12-24(21)15-20-13-23-16-25(20)14-17-5-2-1-3-6-17/h1-3,5-6,8-11,13,16,21H,4,7,12,14-15H2/t21-/m0/s1. The SMILES string of the molecule is Fc1ccc([C@@H]2CCCN2Cc2cncn2Cc2ccccc2)cc1. The molecule has 1 aromatic heterocycles. The van der Waals surface area contributed by atoms with Crippen LogP contribution in [-0.2, 0) is 13.1 Å². The summed E-state index contributed by atoms with van der Waals surface area (Å²) in [5.41, 5.74) is 3.70. The molecule has 0 aliphatic carbocycles. The average Bonchev–Trinajstić information content (AvgIpc) is 3.27. The molecule has 0 spiro atoms. The van der Waals surface area contributed by atoms with Crippen molar-refractivity contribution in [3.63, 3.8) is 0 Å². The molecule has 0 unspecified atom stereocenters. The zero-order valence-electron chi connectivity index (χ0n) is 14.2. The van der Waals surface area contributed by atoms with Gasteiger partial charge in [-0.1, -0.05) is 42.5 Å².